The maximum atomic E-state index is 13.9. The van der Waals surface area contributed by atoms with Gasteiger partial charge in [-0.25, -0.2) is 4.39 Å². The van der Waals surface area contributed by atoms with E-state index in [2.05, 4.69) is 20.1 Å². The van der Waals surface area contributed by atoms with E-state index in [4.69, 9.17) is 9.47 Å². The average Bonchev–Trinajstić information content (AvgIpc) is 2.77. The summed E-state index contributed by atoms with van der Waals surface area (Å²) in [5.74, 6) is 1.58. The number of benzene rings is 2. The molecular weight excluding hydrogens is 514 g/mol. The highest BCUT2D eigenvalue weighted by Crippen LogP contribution is 2.30. The predicted octanol–water partition coefficient (Wildman–Crippen LogP) is 2.96. The number of halogens is 2. The van der Waals surface area contributed by atoms with Crippen LogP contribution in [0, 0.1) is 5.82 Å². The average molecular weight is 542 g/mol. The van der Waals surface area contributed by atoms with Gasteiger partial charge in [0.15, 0.2) is 12.8 Å². The molecule has 0 aromatic heterocycles. The van der Waals surface area contributed by atoms with Crippen LogP contribution in [0.2, 0.25) is 0 Å². The summed E-state index contributed by atoms with van der Waals surface area (Å²) in [5.41, 5.74) is 2.45. The largest absolute Gasteiger partial charge is 0.506 e. The SMILES string of the molecule is CN=C(NCCc1cc(F)cc2c1OCOC2)N1CCN(c2ccccc2O)CC1.I. The van der Waals surface area contributed by atoms with Crippen LogP contribution in [0.25, 0.3) is 0 Å². The summed E-state index contributed by atoms with van der Waals surface area (Å²) in [6.07, 6.45) is 0.622. The number of aromatic hydroxyl groups is 1. The summed E-state index contributed by atoms with van der Waals surface area (Å²) in [6.45, 7) is 4.37. The molecule has 2 aliphatic heterocycles. The zero-order chi connectivity index (χ0) is 20.9. The molecule has 9 heteroatoms. The van der Waals surface area contributed by atoms with Crippen molar-refractivity contribution in [3.63, 3.8) is 0 Å². The lowest BCUT2D eigenvalue weighted by Crippen LogP contribution is -2.52. The Balaban J connectivity index is 0.00000272. The lowest BCUT2D eigenvalue weighted by Gasteiger charge is -2.37. The Morgan fingerprint density at radius 3 is 2.71 bits per heavy atom. The molecule has 1 saturated heterocycles. The number of fused-ring (bicyclic) bond motifs is 1. The third kappa shape index (κ3) is 5.51. The molecule has 1 fully saturated rings. The molecule has 2 N–H and O–H groups in total. The summed E-state index contributed by atoms with van der Waals surface area (Å²) in [5, 5.41) is 13.5. The molecule has 2 aromatic rings. The Hall–Kier alpha value is -2.27. The molecule has 2 aliphatic rings. The minimum absolute atomic E-state index is 0. The molecule has 0 saturated carbocycles. The molecule has 0 radical (unpaired) electrons. The number of phenolic OH excluding ortho intramolecular Hbond substituents is 1. The fourth-order valence-corrected chi connectivity index (χ4v) is 3.97. The fourth-order valence-electron chi connectivity index (χ4n) is 3.97. The van der Waals surface area contributed by atoms with Crippen molar-refractivity contribution in [1.82, 2.24) is 10.2 Å². The van der Waals surface area contributed by atoms with Crippen LogP contribution >= 0.6 is 24.0 Å². The number of nitrogens with zero attached hydrogens (tertiary/aromatic N) is 3. The fraction of sp³-hybridized carbons (Fsp3) is 0.409. The van der Waals surface area contributed by atoms with Crippen LogP contribution in [0.1, 0.15) is 11.1 Å². The van der Waals surface area contributed by atoms with Gasteiger partial charge in [-0.2, -0.15) is 0 Å². The van der Waals surface area contributed by atoms with Crippen LogP contribution in [0.3, 0.4) is 0 Å². The summed E-state index contributed by atoms with van der Waals surface area (Å²) in [4.78, 5) is 8.78. The van der Waals surface area contributed by atoms with Gasteiger partial charge in [0, 0.05) is 45.3 Å². The van der Waals surface area contributed by atoms with Crippen molar-refractivity contribution in [1.29, 1.82) is 0 Å². The summed E-state index contributed by atoms with van der Waals surface area (Å²) in [7, 11) is 1.77. The van der Waals surface area contributed by atoms with E-state index in [9.17, 15) is 9.50 Å². The first-order valence-electron chi connectivity index (χ1n) is 10.2. The number of anilines is 1. The Kier molecular flexibility index (Phi) is 8.19. The van der Waals surface area contributed by atoms with Gasteiger partial charge < -0.3 is 29.7 Å². The highest BCUT2D eigenvalue weighted by Gasteiger charge is 2.22. The number of aliphatic imine (C=N–C) groups is 1. The van der Waals surface area contributed by atoms with E-state index in [1.165, 1.54) is 12.1 Å². The molecule has 0 spiro atoms. The lowest BCUT2D eigenvalue weighted by atomic mass is 10.1. The number of piperazine rings is 1. The van der Waals surface area contributed by atoms with Gasteiger partial charge in [0.2, 0.25) is 0 Å². The normalized spacial score (nSPS) is 16.3. The van der Waals surface area contributed by atoms with E-state index < -0.39 is 0 Å². The molecule has 31 heavy (non-hydrogen) atoms. The molecule has 0 amide bonds. The number of hydrogen-bond acceptors (Lipinski definition) is 5. The van der Waals surface area contributed by atoms with E-state index in [0.29, 0.717) is 25.3 Å². The van der Waals surface area contributed by atoms with Crippen molar-refractivity contribution in [2.45, 2.75) is 13.0 Å². The summed E-state index contributed by atoms with van der Waals surface area (Å²) >= 11 is 0. The van der Waals surface area contributed by atoms with Crippen LogP contribution in [0.4, 0.5) is 10.1 Å². The molecule has 0 atom stereocenters. The Morgan fingerprint density at radius 2 is 1.97 bits per heavy atom. The number of guanidine groups is 1. The second-order valence-corrected chi connectivity index (χ2v) is 7.35. The first kappa shape index (κ1) is 23.4. The highest BCUT2D eigenvalue weighted by molar-refractivity contribution is 14.0. The number of phenols is 1. The third-order valence-electron chi connectivity index (χ3n) is 5.44. The van der Waals surface area contributed by atoms with Gasteiger partial charge in [0.25, 0.3) is 0 Å². The van der Waals surface area contributed by atoms with Crippen molar-refractivity contribution in [3.8, 4) is 11.5 Å². The molecule has 7 nitrogen and oxygen atoms in total. The number of nitrogens with one attached hydrogen (secondary N) is 1. The van der Waals surface area contributed by atoms with Gasteiger partial charge in [0.05, 0.1) is 12.3 Å². The predicted molar refractivity (Wildman–Crippen MR) is 129 cm³/mol. The van der Waals surface area contributed by atoms with Gasteiger partial charge in [-0.15, -0.1) is 24.0 Å². The van der Waals surface area contributed by atoms with Crippen molar-refractivity contribution < 1.29 is 19.0 Å². The van der Waals surface area contributed by atoms with Gasteiger partial charge in [-0.1, -0.05) is 12.1 Å². The number of hydrogen-bond donors (Lipinski definition) is 2. The lowest BCUT2D eigenvalue weighted by molar-refractivity contribution is -0.0172. The van der Waals surface area contributed by atoms with Crippen molar-refractivity contribution in [2.24, 2.45) is 4.99 Å². The molecule has 2 heterocycles. The maximum absolute atomic E-state index is 13.9. The van der Waals surface area contributed by atoms with Crippen LogP contribution in [-0.4, -0.2) is 62.5 Å². The van der Waals surface area contributed by atoms with E-state index in [1.807, 2.05) is 18.2 Å². The van der Waals surface area contributed by atoms with Crippen molar-refractivity contribution >= 4 is 35.6 Å². The van der Waals surface area contributed by atoms with Gasteiger partial charge in [0.1, 0.15) is 17.3 Å². The van der Waals surface area contributed by atoms with Crippen molar-refractivity contribution in [2.75, 3.05) is 51.5 Å². The quantitative estimate of drug-likeness (QED) is 0.352. The van der Waals surface area contributed by atoms with Crippen LogP contribution in [0.5, 0.6) is 11.5 Å². The molecule has 4 rings (SSSR count). The third-order valence-corrected chi connectivity index (χ3v) is 5.44. The smallest absolute Gasteiger partial charge is 0.193 e. The highest BCUT2D eigenvalue weighted by atomic mass is 127. The van der Waals surface area contributed by atoms with Crippen LogP contribution in [-0.2, 0) is 17.8 Å². The second kappa shape index (κ2) is 10.9. The minimum Gasteiger partial charge on any atom is -0.506 e. The molecule has 0 aliphatic carbocycles. The Morgan fingerprint density at radius 1 is 1.19 bits per heavy atom. The minimum atomic E-state index is -0.275. The number of ether oxygens (including phenoxy) is 2. The van der Waals surface area contributed by atoms with Crippen LogP contribution in [0.15, 0.2) is 41.4 Å². The van der Waals surface area contributed by atoms with Crippen LogP contribution < -0.4 is 15.0 Å². The molecular formula is C22H28FIN4O3. The topological polar surface area (TPSA) is 69.6 Å². The number of para-hydroxylation sites is 2. The zero-order valence-electron chi connectivity index (χ0n) is 17.5. The first-order chi connectivity index (χ1) is 14.7. The molecule has 168 valence electrons. The maximum Gasteiger partial charge on any atom is 0.193 e. The van der Waals surface area contributed by atoms with Gasteiger partial charge in [-0.3, -0.25) is 4.99 Å². The molecule has 2 aromatic carbocycles. The van der Waals surface area contributed by atoms with E-state index in [0.717, 1.165) is 54.7 Å². The Labute approximate surface area is 198 Å². The summed E-state index contributed by atoms with van der Waals surface area (Å²) in [6, 6.07) is 10.4. The molecule has 0 unspecified atom stereocenters. The number of rotatable bonds is 4. The zero-order valence-corrected chi connectivity index (χ0v) is 19.8. The first-order valence-corrected chi connectivity index (χ1v) is 10.2. The molecule has 0 bridgehead atoms. The second-order valence-electron chi connectivity index (χ2n) is 7.35. The van der Waals surface area contributed by atoms with Gasteiger partial charge >= 0.3 is 0 Å². The van der Waals surface area contributed by atoms with E-state index in [1.54, 1.807) is 13.1 Å². The monoisotopic (exact) mass is 542 g/mol. The van der Waals surface area contributed by atoms with E-state index >= 15 is 0 Å². The summed E-state index contributed by atoms with van der Waals surface area (Å²) < 4.78 is 24.8. The standard InChI is InChI=1S/C22H27FN4O3.HI/c1-24-22(27-10-8-26(9-11-27)19-4-2-3-5-20(19)28)25-7-6-16-12-18(23)13-17-14-29-15-30-21(16)17;/h2-5,12-13,28H,6-11,14-15H2,1H3,(H,24,25);1H. The van der Waals surface area contributed by atoms with E-state index in [-0.39, 0.29) is 36.6 Å². The Bertz CT molecular complexity index is 920. The van der Waals surface area contributed by atoms with Crippen molar-refractivity contribution in [3.05, 3.63) is 53.3 Å². The van der Waals surface area contributed by atoms with Gasteiger partial charge in [-0.05, 0) is 36.2 Å².